The molecule has 4 rings (SSSR count). The SMILES string of the molecule is O=c1cc(Oc2cnc3ccccc3c2)nc(C2CC2)[nH]1. The first-order valence-electron chi connectivity index (χ1n) is 6.92. The van der Waals surface area contributed by atoms with Crippen LogP contribution in [-0.4, -0.2) is 15.0 Å². The van der Waals surface area contributed by atoms with Crippen molar-refractivity contribution in [3.63, 3.8) is 0 Å². The third-order valence-corrected chi connectivity index (χ3v) is 3.49. The lowest BCUT2D eigenvalue weighted by atomic mass is 10.2. The fourth-order valence-corrected chi connectivity index (χ4v) is 2.28. The summed E-state index contributed by atoms with van der Waals surface area (Å²) in [6.07, 6.45) is 3.79. The van der Waals surface area contributed by atoms with Gasteiger partial charge < -0.3 is 9.72 Å². The summed E-state index contributed by atoms with van der Waals surface area (Å²) in [5.74, 6) is 1.98. The maximum Gasteiger partial charge on any atom is 0.254 e. The monoisotopic (exact) mass is 279 g/mol. The molecule has 0 saturated heterocycles. The van der Waals surface area contributed by atoms with Crippen LogP contribution in [-0.2, 0) is 0 Å². The van der Waals surface area contributed by atoms with E-state index in [0.29, 0.717) is 23.4 Å². The molecule has 0 amide bonds. The number of nitrogens with one attached hydrogen (secondary N) is 1. The summed E-state index contributed by atoms with van der Waals surface area (Å²) in [4.78, 5) is 23.1. The number of aromatic amines is 1. The van der Waals surface area contributed by atoms with Crippen molar-refractivity contribution in [2.24, 2.45) is 0 Å². The summed E-state index contributed by atoms with van der Waals surface area (Å²) in [7, 11) is 0. The summed E-state index contributed by atoms with van der Waals surface area (Å²) in [6.45, 7) is 0. The van der Waals surface area contributed by atoms with Gasteiger partial charge in [0.05, 0.1) is 17.8 Å². The highest BCUT2D eigenvalue weighted by atomic mass is 16.5. The van der Waals surface area contributed by atoms with Crippen LogP contribution in [0.1, 0.15) is 24.6 Å². The van der Waals surface area contributed by atoms with E-state index in [-0.39, 0.29) is 5.56 Å². The number of pyridine rings is 1. The van der Waals surface area contributed by atoms with Crippen molar-refractivity contribution in [1.29, 1.82) is 0 Å². The molecule has 3 aromatic rings. The molecule has 0 bridgehead atoms. The minimum Gasteiger partial charge on any atom is -0.437 e. The van der Waals surface area contributed by atoms with Gasteiger partial charge in [0.25, 0.3) is 5.56 Å². The molecule has 2 heterocycles. The number of aromatic nitrogens is 3. The normalized spacial score (nSPS) is 14.3. The molecule has 21 heavy (non-hydrogen) atoms. The molecule has 1 saturated carbocycles. The quantitative estimate of drug-likeness (QED) is 0.800. The van der Waals surface area contributed by atoms with Crippen LogP contribution >= 0.6 is 0 Å². The molecular formula is C16H13N3O2. The molecule has 2 aromatic heterocycles. The predicted molar refractivity (Wildman–Crippen MR) is 78.6 cm³/mol. The summed E-state index contributed by atoms with van der Waals surface area (Å²) in [5.41, 5.74) is 0.720. The van der Waals surface area contributed by atoms with Gasteiger partial charge in [0, 0.05) is 11.3 Å². The van der Waals surface area contributed by atoms with Crippen molar-refractivity contribution < 1.29 is 4.74 Å². The van der Waals surface area contributed by atoms with Crippen LogP contribution in [0, 0.1) is 0 Å². The average molecular weight is 279 g/mol. The summed E-state index contributed by atoms with van der Waals surface area (Å²) in [6, 6.07) is 11.1. The molecule has 0 radical (unpaired) electrons. The molecule has 0 unspecified atom stereocenters. The Balaban J connectivity index is 1.69. The highest BCUT2D eigenvalue weighted by molar-refractivity contribution is 5.79. The number of hydrogen-bond acceptors (Lipinski definition) is 4. The Morgan fingerprint density at radius 3 is 2.90 bits per heavy atom. The van der Waals surface area contributed by atoms with Gasteiger partial charge in [-0.1, -0.05) is 18.2 Å². The van der Waals surface area contributed by atoms with Crippen LogP contribution < -0.4 is 10.3 Å². The van der Waals surface area contributed by atoms with E-state index in [4.69, 9.17) is 4.74 Å². The molecule has 104 valence electrons. The second-order valence-electron chi connectivity index (χ2n) is 5.21. The van der Waals surface area contributed by atoms with Crippen molar-refractivity contribution in [2.75, 3.05) is 0 Å². The Bertz CT molecular complexity index is 869. The average Bonchev–Trinajstić information content (AvgIpc) is 3.31. The lowest BCUT2D eigenvalue weighted by Crippen LogP contribution is -2.10. The topological polar surface area (TPSA) is 67.9 Å². The van der Waals surface area contributed by atoms with Gasteiger partial charge in [-0.25, -0.2) is 0 Å². The van der Waals surface area contributed by atoms with E-state index in [1.54, 1.807) is 6.20 Å². The Morgan fingerprint density at radius 2 is 2.05 bits per heavy atom. The largest absolute Gasteiger partial charge is 0.437 e. The van der Waals surface area contributed by atoms with E-state index in [1.165, 1.54) is 6.07 Å². The van der Waals surface area contributed by atoms with Crippen LogP contribution in [0.15, 0.2) is 47.4 Å². The van der Waals surface area contributed by atoms with E-state index in [9.17, 15) is 4.79 Å². The van der Waals surface area contributed by atoms with Gasteiger partial charge in [-0.05, 0) is 25.0 Å². The summed E-state index contributed by atoms with van der Waals surface area (Å²) >= 11 is 0. The molecule has 1 fully saturated rings. The maximum atomic E-state index is 11.7. The van der Waals surface area contributed by atoms with Crippen molar-refractivity contribution in [3.8, 4) is 11.6 Å². The third-order valence-electron chi connectivity index (χ3n) is 3.49. The zero-order valence-electron chi connectivity index (χ0n) is 11.2. The fraction of sp³-hybridized carbons (Fsp3) is 0.188. The summed E-state index contributed by atoms with van der Waals surface area (Å²) in [5, 5.41) is 0.988. The minimum atomic E-state index is -0.185. The van der Waals surface area contributed by atoms with Gasteiger partial charge in [-0.2, -0.15) is 4.98 Å². The molecule has 1 N–H and O–H groups in total. The number of hydrogen-bond donors (Lipinski definition) is 1. The zero-order valence-corrected chi connectivity index (χ0v) is 11.2. The van der Waals surface area contributed by atoms with E-state index in [0.717, 1.165) is 23.7 Å². The lowest BCUT2D eigenvalue weighted by Gasteiger charge is -2.06. The molecule has 5 nitrogen and oxygen atoms in total. The minimum absolute atomic E-state index is 0.185. The fourth-order valence-electron chi connectivity index (χ4n) is 2.28. The number of benzene rings is 1. The van der Waals surface area contributed by atoms with Gasteiger partial charge in [0.15, 0.2) is 0 Å². The second kappa shape index (κ2) is 4.70. The van der Waals surface area contributed by atoms with Crippen molar-refractivity contribution in [3.05, 3.63) is 58.8 Å². The third kappa shape index (κ3) is 2.50. The van der Waals surface area contributed by atoms with Gasteiger partial charge in [0.2, 0.25) is 5.88 Å². The van der Waals surface area contributed by atoms with Crippen LogP contribution in [0.5, 0.6) is 11.6 Å². The summed E-state index contributed by atoms with van der Waals surface area (Å²) < 4.78 is 5.69. The standard InChI is InChI=1S/C16H13N3O2/c20-14-8-15(19-16(18-14)10-5-6-10)21-12-7-11-3-1-2-4-13(11)17-9-12/h1-4,7-10H,5-6H2,(H,18,19,20). The molecule has 1 aliphatic rings. The highest BCUT2D eigenvalue weighted by Gasteiger charge is 2.26. The lowest BCUT2D eigenvalue weighted by molar-refractivity contribution is 0.456. The van der Waals surface area contributed by atoms with Gasteiger partial charge >= 0.3 is 0 Å². The predicted octanol–water partition coefficient (Wildman–Crippen LogP) is 2.99. The molecule has 0 aliphatic heterocycles. The Labute approximate surface area is 120 Å². The van der Waals surface area contributed by atoms with E-state index >= 15 is 0 Å². The number of H-pyrrole nitrogens is 1. The molecule has 1 aromatic carbocycles. The Hall–Kier alpha value is -2.69. The second-order valence-corrected chi connectivity index (χ2v) is 5.21. The molecule has 0 spiro atoms. The molecular weight excluding hydrogens is 266 g/mol. The van der Waals surface area contributed by atoms with E-state index in [2.05, 4.69) is 15.0 Å². The van der Waals surface area contributed by atoms with Crippen molar-refractivity contribution in [2.45, 2.75) is 18.8 Å². The maximum absolute atomic E-state index is 11.7. The van der Waals surface area contributed by atoms with Crippen LogP contribution in [0.25, 0.3) is 10.9 Å². The van der Waals surface area contributed by atoms with Crippen LogP contribution in [0.3, 0.4) is 0 Å². The van der Waals surface area contributed by atoms with E-state index in [1.807, 2.05) is 30.3 Å². The van der Waals surface area contributed by atoms with Crippen LogP contribution in [0.4, 0.5) is 0 Å². The number of nitrogens with zero attached hydrogens (tertiary/aromatic N) is 2. The van der Waals surface area contributed by atoms with Gasteiger partial charge in [0.1, 0.15) is 11.6 Å². The first-order chi connectivity index (χ1) is 10.3. The van der Waals surface area contributed by atoms with Crippen LogP contribution in [0.2, 0.25) is 0 Å². The number of rotatable bonds is 3. The molecule has 5 heteroatoms. The number of para-hydroxylation sites is 1. The molecule has 1 aliphatic carbocycles. The van der Waals surface area contributed by atoms with Crippen molar-refractivity contribution >= 4 is 10.9 Å². The number of ether oxygens (including phenoxy) is 1. The first-order valence-corrected chi connectivity index (χ1v) is 6.92. The Morgan fingerprint density at radius 1 is 1.19 bits per heavy atom. The van der Waals surface area contributed by atoms with E-state index < -0.39 is 0 Å². The highest BCUT2D eigenvalue weighted by Crippen LogP contribution is 2.38. The number of fused-ring (bicyclic) bond motifs is 1. The van der Waals surface area contributed by atoms with Gasteiger partial charge in [-0.15, -0.1) is 0 Å². The smallest absolute Gasteiger partial charge is 0.254 e. The first kappa shape index (κ1) is 12.1. The van der Waals surface area contributed by atoms with Crippen molar-refractivity contribution in [1.82, 2.24) is 15.0 Å². The van der Waals surface area contributed by atoms with Gasteiger partial charge in [-0.3, -0.25) is 9.78 Å². The molecule has 0 atom stereocenters. The Kier molecular flexibility index (Phi) is 2.70. The zero-order chi connectivity index (χ0) is 14.2.